The molecule has 0 amide bonds. The van der Waals surface area contributed by atoms with Crippen molar-refractivity contribution in [2.24, 2.45) is 0 Å². The smallest absolute Gasteiger partial charge is 0.423 e. The fourth-order valence-electron chi connectivity index (χ4n) is 0.682. The van der Waals surface area contributed by atoms with E-state index in [-0.39, 0.29) is 0 Å². The van der Waals surface area contributed by atoms with Crippen LogP contribution in [0.15, 0.2) is 0 Å². The van der Waals surface area contributed by atoms with Gasteiger partial charge in [0.25, 0.3) is 0 Å². The van der Waals surface area contributed by atoms with Gasteiger partial charge in [0.15, 0.2) is 0 Å². The average molecular weight is 157 g/mol. The predicted octanol–water partition coefficient (Wildman–Crippen LogP) is 2.64. The molecule has 0 aromatic heterocycles. The summed E-state index contributed by atoms with van der Waals surface area (Å²) in [6.45, 7) is 5.42. The first-order chi connectivity index (χ1) is 4.91. The van der Waals surface area contributed by atoms with Crippen molar-refractivity contribution in [3.8, 4) is 0 Å². The lowest BCUT2D eigenvalue weighted by molar-refractivity contribution is 0.325. The van der Waals surface area contributed by atoms with E-state index in [1.54, 1.807) is 0 Å². The lowest BCUT2D eigenvalue weighted by Gasteiger charge is -1.99. The lowest BCUT2D eigenvalue weighted by Crippen LogP contribution is -1.99. The van der Waals surface area contributed by atoms with Gasteiger partial charge in [-0.05, 0) is 6.42 Å². The molecule has 0 saturated carbocycles. The van der Waals surface area contributed by atoms with E-state index in [2.05, 4.69) is 13.8 Å². The fraction of sp³-hybridized carbons (Fsp3) is 1.00. The van der Waals surface area contributed by atoms with Crippen LogP contribution in [-0.2, 0) is 3.79 Å². The lowest BCUT2D eigenvalue weighted by atomic mass is 10.4. The van der Waals surface area contributed by atoms with Crippen LogP contribution in [0, 0.1) is 0 Å². The standard InChI is InChI=1S/C4H9O.C4H9.Al/c1-2-3-4-5;1-3-4-2;/h2-4H2,1H3;1,3-4H2,2H3;/q-1;;+1. The molecule has 0 rings (SSSR count). The van der Waals surface area contributed by atoms with Crippen LogP contribution in [0.1, 0.15) is 39.5 Å². The van der Waals surface area contributed by atoms with Gasteiger partial charge in [0, 0.05) is 6.61 Å². The highest BCUT2D eigenvalue weighted by Gasteiger charge is 1.92. The highest BCUT2D eigenvalue weighted by atomic mass is 27.1. The van der Waals surface area contributed by atoms with E-state index >= 15 is 0 Å². The van der Waals surface area contributed by atoms with Crippen LogP contribution in [0.25, 0.3) is 0 Å². The molecule has 0 aromatic rings. The Bertz CT molecular complexity index is 49.2. The zero-order valence-corrected chi connectivity index (χ0v) is 8.38. The first-order valence-electron chi connectivity index (χ1n) is 4.35. The molecule has 0 aromatic carbocycles. The van der Waals surface area contributed by atoms with Crippen molar-refractivity contribution >= 4 is 15.6 Å². The van der Waals surface area contributed by atoms with Gasteiger partial charge in [0.2, 0.25) is 0 Å². The van der Waals surface area contributed by atoms with E-state index in [4.69, 9.17) is 3.79 Å². The summed E-state index contributed by atoms with van der Waals surface area (Å²) in [6, 6.07) is 0. The predicted molar refractivity (Wildman–Crippen MR) is 46.3 cm³/mol. The Balaban J connectivity index is 2.65. The molecule has 0 spiro atoms. The highest BCUT2D eigenvalue weighted by Crippen LogP contribution is 1.94. The minimum Gasteiger partial charge on any atom is -0.507 e. The van der Waals surface area contributed by atoms with Crippen LogP contribution in [-0.4, -0.2) is 22.2 Å². The van der Waals surface area contributed by atoms with Gasteiger partial charge >= 0.3 is 15.6 Å². The fourth-order valence-corrected chi connectivity index (χ4v) is 1.76. The third-order valence-corrected chi connectivity index (χ3v) is 2.52. The van der Waals surface area contributed by atoms with Gasteiger partial charge < -0.3 is 3.79 Å². The second-order valence-electron chi connectivity index (χ2n) is 2.53. The zero-order valence-electron chi connectivity index (χ0n) is 7.23. The van der Waals surface area contributed by atoms with Crippen LogP contribution in [0.3, 0.4) is 0 Å². The molecule has 0 atom stereocenters. The molecular weight excluding hydrogens is 139 g/mol. The summed E-state index contributed by atoms with van der Waals surface area (Å²) in [5, 5.41) is 1.32. The molecule has 1 nitrogen and oxygen atoms in total. The number of unbranched alkanes of at least 4 members (excludes halogenated alkanes) is 2. The first-order valence-corrected chi connectivity index (χ1v) is 5.63. The monoisotopic (exact) mass is 157 g/mol. The van der Waals surface area contributed by atoms with E-state index in [1.807, 2.05) is 0 Å². The maximum Gasteiger partial charge on any atom is 0.423 e. The number of hydrogen-bond acceptors (Lipinski definition) is 1. The third-order valence-electron chi connectivity index (χ3n) is 1.41. The van der Waals surface area contributed by atoms with E-state index in [0.29, 0.717) is 15.6 Å². The zero-order chi connectivity index (χ0) is 7.66. The van der Waals surface area contributed by atoms with Gasteiger partial charge in [-0.25, -0.2) is 0 Å². The Kier molecular flexibility index (Phi) is 9.96. The summed E-state index contributed by atoms with van der Waals surface area (Å²) in [7, 11) is 0. The van der Waals surface area contributed by atoms with Crippen molar-refractivity contribution in [1.82, 2.24) is 0 Å². The van der Waals surface area contributed by atoms with Crippen molar-refractivity contribution in [2.75, 3.05) is 6.61 Å². The van der Waals surface area contributed by atoms with Crippen molar-refractivity contribution in [3.63, 3.8) is 0 Å². The Morgan fingerprint density at radius 2 is 1.80 bits per heavy atom. The minimum atomic E-state index is 0.314. The summed E-state index contributed by atoms with van der Waals surface area (Å²) in [5.74, 6) is 0. The van der Waals surface area contributed by atoms with Crippen molar-refractivity contribution in [1.29, 1.82) is 0 Å². The van der Waals surface area contributed by atoms with Crippen LogP contribution in [0.5, 0.6) is 0 Å². The van der Waals surface area contributed by atoms with E-state index < -0.39 is 0 Å². The van der Waals surface area contributed by atoms with E-state index in [1.165, 1.54) is 31.0 Å². The molecule has 0 saturated heterocycles. The van der Waals surface area contributed by atoms with Gasteiger partial charge in [-0.1, -0.05) is 38.4 Å². The average Bonchev–Trinajstić information content (AvgIpc) is 1.97. The summed E-state index contributed by atoms with van der Waals surface area (Å²) >= 11 is 0.314. The molecule has 0 aliphatic rings. The minimum absolute atomic E-state index is 0.314. The molecule has 0 unspecified atom stereocenters. The van der Waals surface area contributed by atoms with E-state index in [0.717, 1.165) is 6.61 Å². The normalized spacial score (nSPS) is 9.80. The molecule has 0 aliphatic carbocycles. The molecule has 0 heterocycles. The molecule has 0 fully saturated rings. The quantitative estimate of drug-likeness (QED) is 0.408. The second kappa shape index (κ2) is 9.49. The van der Waals surface area contributed by atoms with Crippen LogP contribution >= 0.6 is 0 Å². The molecule has 0 bridgehead atoms. The maximum absolute atomic E-state index is 5.46. The van der Waals surface area contributed by atoms with Gasteiger partial charge in [-0.15, -0.1) is 0 Å². The molecule has 0 N–H and O–H groups in total. The van der Waals surface area contributed by atoms with E-state index in [9.17, 15) is 0 Å². The van der Waals surface area contributed by atoms with Crippen LogP contribution < -0.4 is 0 Å². The van der Waals surface area contributed by atoms with Crippen molar-refractivity contribution < 1.29 is 3.79 Å². The Morgan fingerprint density at radius 1 is 1.10 bits per heavy atom. The van der Waals surface area contributed by atoms with Crippen LogP contribution in [0.2, 0.25) is 5.28 Å². The number of hydrogen-bond donors (Lipinski definition) is 0. The Morgan fingerprint density at radius 3 is 2.40 bits per heavy atom. The molecule has 0 aliphatic heterocycles. The Labute approximate surface area is 71.2 Å². The molecule has 2 heteroatoms. The molecular formula is C8H18AlO. The summed E-state index contributed by atoms with van der Waals surface area (Å²) in [6.07, 6.45) is 5.15. The maximum atomic E-state index is 5.46. The van der Waals surface area contributed by atoms with Gasteiger partial charge in [-0.3, -0.25) is 0 Å². The topological polar surface area (TPSA) is 9.23 Å². The van der Waals surface area contributed by atoms with Gasteiger partial charge in [0.1, 0.15) is 0 Å². The second-order valence-corrected chi connectivity index (χ2v) is 3.78. The summed E-state index contributed by atoms with van der Waals surface area (Å²) in [5.41, 5.74) is 0. The highest BCUT2D eigenvalue weighted by molar-refractivity contribution is 6.26. The largest absolute Gasteiger partial charge is 0.507 e. The molecule has 10 heavy (non-hydrogen) atoms. The number of rotatable bonds is 7. The third kappa shape index (κ3) is 8.49. The Hall–Kier alpha value is 0.492. The first kappa shape index (κ1) is 10.5. The van der Waals surface area contributed by atoms with Crippen LogP contribution in [0.4, 0.5) is 0 Å². The SMILES string of the molecule is CCCC[O][Al][CH2]CCC. The molecule has 1 radical (unpaired) electrons. The van der Waals surface area contributed by atoms with Crippen molar-refractivity contribution in [2.45, 2.75) is 44.8 Å². The van der Waals surface area contributed by atoms with Gasteiger partial charge in [-0.2, -0.15) is 0 Å². The van der Waals surface area contributed by atoms with Crippen molar-refractivity contribution in [3.05, 3.63) is 0 Å². The van der Waals surface area contributed by atoms with Gasteiger partial charge in [0.05, 0.1) is 0 Å². The summed E-state index contributed by atoms with van der Waals surface area (Å²) in [4.78, 5) is 0. The summed E-state index contributed by atoms with van der Waals surface area (Å²) < 4.78 is 5.46. The molecule has 59 valence electrons.